The van der Waals surface area contributed by atoms with Crippen molar-refractivity contribution in [2.75, 3.05) is 32.7 Å². The lowest BCUT2D eigenvalue weighted by Gasteiger charge is -2.35. The van der Waals surface area contributed by atoms with Crippen LogP contribution in [0.4, 0.5) is 0 Å². The van der Waals surface area contributed by atoms with Gasteiger partial charge in [-0.15, -0.1) is 0 Å². The Morgan fingerprint density at radius 2 is 1.35 bits per heavy atom. The molecule has 0 radical (unpaired) electrons. The van der Waals surface area contributed by atoms with E-state index in [1.165, 1.54) is 6.08 Å². The molecule has 16 heteroatoms. The first-order valence-corrected chi connectivity index (χ1v) is 21.5. The van der Waals surface area contributed by atoms with Crippen molar-refractivity contribution in [2.45, 2.75) is 66.1 Å². The molecule has 1 aliphatic heterocycles. The highest BCUT2D eigenvalue weighted by Crippen LogP contribution is 2.30. The molecule has 0 spiro atoms. The molecule has 5 heterocycles. The third kappa shape index (κ3) is 11.2. The van der Waals surface area contributed by atoms with E-state index in [4.69, 9.17) is 9.97 Å². The van der Waals surface area contributed by atoms with Gasteiger partial charge in [-0.25, -0.2) is 19.9 Å². The van der Waals surface area contributed by atoms with Gasteiger partial charge < -0.3 is 25.4 Å². The zero-order valence-electron chi connectivity index (χ0n) is 36.7. The van der Waals surface area contributed by atoms with Crippen LogP contribution in [-0.4, -0.2) is 95.5 Å². The second-order valence-electron chi connectivity index (χ2n) is 16.3. The van der Waals surface area contributed by atoms with Gasteiger partial charge in [0.05, 0.1) is 35.9 Å². The van der Waals surface area contributed by atoms with Gasteiger partial charge in [0, 0.05) is 51.5 Å². The highest BCUT2D eigenvalue weighted by molar-refractivity contribution is 6.45. The molecule has 0 unspecified atom stereocenters. The Labute approximate surface area is 368 Å². The zero-order chi connectivity index (χ0) is 45.0. The summed E-state index contributed by atoms with van der Waals surface area (Å²) in [6.45, 7) is 16.8. The zero-order valence-corrected chi connectivity index (χ0v) is 36.7. The number of hydrogen-bond donors (Lipinski definition) is 3. The number of benzene rings is 2. The van der Waals surface area contributed by atoms with Crippen LogP contribution < -0.4 is 21.7 Å². The molecule has 328 valence electrons. The van der Waals surface area contributed by atoms with E-state index in [9.17, 15) is 24.2 Å². The van der Waals surface area contributed by atoms with Gasteiger partial charge in [-0.3, -0.25) is 28.3 Å². The highest BCUT2D eigenvalue weighted by atomic mass is 16.2. The Morgan fingerprint density at radius 1 is 0.810 bits per heavy atom. The molecule has 63 heavy (non-hydrogen) atoms. The number of hydrogen-bond acceptors (Lipinski definition) is 11. The molecule has 0 aliphatic carbocycles. The van der Waals surface area contributed by atoms with E-state index < -0.39 is 13.1 Å². The molecule has 2 atom stereocenters. The molecule has 1 saturated heterocycles. The highest BCUT2D eigenvalue weighted by Gasteiger charge is 2.34. The van der Waals surface area contributed by atoms with Crippen molar-refractivity contribution in [1.82, 2.24) is 49.4 Å². The summed E-state index contributed by atoms with van der Waals surface area (Å²) in [6, 6.07) is 25.7. The predicted molar refractivity (Wildman–Crippen MR) is 247 cm³/mol. The summed E-state index contributed by atoms with van der Waals surface area (Å²) in [6.07, 6.45) is 4.95. The van der Waals surface area contributed by atoms with Crippen molar-refractivity contribution in [2.24, 2.45) is 11.8 Å². The average molecular weight is 853 g/mol. The Balaban J connectivity index is 0.000000210. The summed E-state index contributed by atoms with van der Waals surface area (Å²) in [4.78, 5) is 74.6. The average Bonchev–Trinajstić information content (AvgIpc) is 3.49. The Kier molecular flexibility index (Phi) is 15.8. The van der Waals surface area contributed by atoms with Gasteiger partial charge in [-0.2, -0.15) is 0 Å². The van der Waals surface area contributed by atoms with E-state index in [0.29, 0.717) is 79.4 Å². The normalized spacial score (nSPS) is 14.0. The van der Waals surface area contributed by atoms with Gasteiger partial charge in [0.25, 0.3) is 11.1 Å². The topological polar surface area (TPSA) is 180 Å². The number of nitrogens with one attached hydrogen (secondary N) is 2. The minimum Gasteiger partial charge on any atom is -0.437 e. The molecule has 15 nitrogen and oxygen atoms in total. The largest absolute Gasteiger partial charge is 0.437 e. The molecular formula is C47H57BN10O5. The number of fused-ring (bicyclic) bond motifs is 2. The van der Waals surface area contributed by atoms with Crippen molar-refractivity contribution < 1.29 is 14.6 Å². The third-order valence-corrected chi connectivity index (χ3v) is 11.0. The second kappa shape index (κ2) is 21.6. The van der Waals surface area contributed by atoms with Crippen molar-refractivity contribution in [3.05, 3.63) is 153 Å². The van der Waals surface area contributed by atoms with Gasteiger partial charge in [0.1, 0.15) is 11.6 Å². The van der Waals surface area contributed by atoms with E-state index in [1.807, 2.05) is 79.4 Å². The summed E-state index contributed by atoms with van der Waals surface area (Å²) >= 11 is 0. The van der Waals surface area contributed by atoms with Crippen LogP contribution in [0, 0.1) is 11.8 Å². The maximum Gasteiger partial charge on any atom is 0.373 e. The van der Waals surface area contributed by atoms with Crippen molar-refractivity contribution in [3.63, 3.8) is 0 Å². The number of amides is 2. The first-order chi connectivity index (χ1) is 30.4. The van der Waals surface area contributed by atoms with Gasteiger partial charge in [-0.05, 0) is 60.1 Å². The van der Waals surface area contributed by atoms with Gasteiger partial charge in [-0.1, -0.05) is 94.9 Å². The van der Waals surface area contributed by atoms with Crippen LogP contribution >= 0.6 is 0 Å². The molecular weight excluding hydrogens is 795 g/mol. The predicted octanol–water partition coefficient (Wildman–Crippen LogP) is 4.61. The monoisotopic (exact) mass is 852 g/mol. The maximum atomic E-state index is 13.6. The van der Waals surface area contributed by atoms with E-state index >= 15 is 0 Å². The summed E-state index contributed by atoms with van der Waals surface area (Å²) in [7, 11) is -0.706. The first-order valence-electron chi connectivity index (χ1n) is 21.5. The van der Waals surface area contributed by atoms with Crippen molar-refractivity contribution >= 4 is 40.9 Å². The fourth-order valence-corrected chi connectivity index (χ4v) is 8.01. The van der Waals surface area contributed by atoms with Gasteiger partial charge in [0.15, 0.2) is 11.3 Å². The van der Waals surface area contributed by atoms with Crippen LogP contribution in [-0.2, 0) is 22.7 Å². The lowest BCUT2D eigenvalue weighted by Crippen LogP contribution is -2.45. The molecule has 1 fully saturated rings. The summed E-state index contributed by atoms with van der Waals surface area (Å²) in [5.41, 5.74) is 2.40. The number of pyridine rings is 2. The van der Waals surface area contributed by atoms with E-state index in [2.05, 4.69) is 40.9 Å². The number of nitrogens with zero attached hydrogens (tertiary/aromatic N) is 8. The van der Waals surface area contributed by atoms with Crippen LogP contribution in [0.15, 0.2) is 120 Å². The van der Waals surface area contributed by atoms with E-state index in [-0.39, 0.29) is 40.8 Å². The third-order valence-electron chi connectivity index (χ3n) is 11.0. The Hall–Kier alpha value is -6.36. The molecule has 1 aliphatic rings. The summed E-state index contributed by atoms with van der Waals surface area (Å²) in [5.74, 6) is 0.901. The Morgan fingerprint density at radius 3 is 1.86 bits per heavy atom. The number of rotatable bonds is 15. The molecule has 3 N–H and O–H groups in total. The number of carbonyl (C=O) groups is 2. The van der Waals surface area contributed by atoms with Crippen LogP contribution in [0.3, 0.4) is 0 Å². The van der Waals surface area contributed by atoms with E-state index in [0.717, 1.165) is 17.7 Å². The summed E-state index contributed by atoms with van der Waals surface area (Å²) in [5, 5.41) is 16.7. The van der Waals surface area contributed by atoms with Gasteiger partial charge in [0.2, 0.25) is 11.8 Å². The van der Waals surface area contributed by atoms with Crippen LogP contribution in [0.1, 0.15) is 69.0 Å². The van der Waals surface area contributed by atoms with Gasteiger partial charge >= 0.3 is 7.05 Å². The maximum absolute atomic E-state index is 13.6. The standard InChI is InChI=1S/C24H30BN5O3.C23H27N5O2/c1-5-20(31)29(15-14-27-25(4)33)21(17(2)3)23-28-22-19(12-9-13-26-22)24(32)30(23)16-18-10-7-6-8-11-18;1-16(2)20(27-14-13-24-12-10-19(27)29)22-26-21-18(9-6-11-25-21)23(30)28(22)15-17-7-4-3-5-8-17/h5-13,17,21,27,33H,1,14-16H2,2-4H3;3-9,11,16,20,24H,10,12-15H2,1-2H3/t21-;20-/m00/s1. The quantitative estimate of drug-likeness (QED) is 0.0971. The van der Waals surface area contributed by atoms with Crippen LogP contribution in [0.5, 0.6) is 0 Å². The van der Waals surface area contributed by atoms with Crippen molar-refractivity contribution in [3.8, 4) is 0 Å². The number of carbonyl (C=O) groups excluding carboxylic acids is 2. The second-order valence-corrected chi connectivity index (χ2v) is 16.3. The molecule has 2 amide bonds. The van der Waals surface area contributed by atoms with Crippen LogP contribution in [0.25, 0.3) is 22.1 Å². The first kappa shape index (κ1) is 46.2. The molecule has 2 aromatic carbocycles. The minimum absolute atomic E-state index is 0.0597. The lowest BCUT2D eigenvalue weighted by atomic mass is 9.89. The molecule has 7 rings (SSSR count). The van der Waals surface area contributed by atoms with E-state index in [1.54, 1.807) is 57.5 Å². The summed E-state index contributed by atoms with van der Waals surface area (Å²) < 4.78 is 3.35. The molecule has 6 aromatic rings. The lowest BCUT2D eigenvalue weighted by molar-refractivity contribution is -0.134. The fourth-order valence-electron chi connectivity index (χ4n) is 8.01. The minimum atomic E-state index is -0.706. The molecule has 0 bridgehead atoms. The molecule has 4 aromatic heterocycles. The molecule has 0 saturated carbocycles. The number of aromatic nitrogens is 6. The van der Waals surface area contributed by atoms with Crippen molar-refractivity contribution in [1.29, 1.82) is 0 Å². The van der Waals surface area contributed by atoms with Crippen LogP contribution in [0.2, 0.25) is 6.82 Å². The SMILES string of the molecule is C=CC(=O)N(CCNB(C)O)[C@H](c1nc2ncccc2c(=O)n1Cc1ccccc1)C(C)C.CC(C)[C@@H](c1nc2ncccc2c(=O)n1Cc1ccccc1)N1CCNCCC1=O. The fraction of sp³-hybridized carbons (Fsp3) is 0.362. The Bertz CT molecular complexity index is 2620. The smallest absolute Gasteiger partial charge is 0.373 e.